The lowest BCUT2D eigenvalue weighted by Crippen LogP contribution is -2.15. The number of hydrogen-bond donors (Lipinski definition) is 4. The second kappa shape index (κ2) is 8.86. The molecule has 0 heterocycles. The Hall–Kier alpha value is -3.22. The molecular formula is C21H16Cl2N2O4. The summed E-state index contributed by atoms with van der Waals surface area (Å²) >= 11 is 12.4. The third-order valence-corrected chi connectivity index (χ3v) is 4.73. The largest absolute Gasteiger partial charge is 0.507 e. The Balaban J connectivity index is 1.78. The molecule has 0 atom stereocenters. The number of halogens is 2. The molecule has 3 aromatic carbocycles. The number of rotatable bonds is 6. The van der Waals surface area contributed by atoms with Crippen LogP contribution in [0.5, 0.6) is 5.75 Å². The summed E-state index contributed by atoms with van der Waals surface area (Å²) in [5.74, 6) is -2.02. The number of carboxylic acid groups (broad SMARTS) is 1. The van der Waals surface area contributed by atoms with E-state index in [-0.39, 0.29) is 29.3 Å². The van der Waals surface area contributed by atoms with E-state index in [1.54, 1.807) is 36.4 Å². The minimum Gasteiger partial charge on any atom is -0.507 e. The maximum absolute atomic E-state index is 12.5. The lowest BCUT2D eigenvalue weighted by molar-refractivity contribution is -0.115. The van der Waals surface area contributed by atoms with Gasteiger partial charge in [0.05, 0.1) is 22.2 Å². The molecule has 0 aliphatic carbocycles. The zero-order valence-corrected chi connectivity index (χ0v) is 16.5. The summed E-state index contributed by atoms with van der Waals surface area (Å²) in [6.07, 6.45) is 0.0223. The van der Waals surface area contributed by atoms with Crippen molar-refractivity contribution in [1.82, 2.24) is 0 Å². The van der Waals surface area contributed by atoms with Crippen LogP contribution in [-0.2, 0) is 11.2 Å². The molecule has 148 valence electrons. The van der Waals surface area contributed by atoms with Crippen molar-refractivity contribution in [3.8, 4) is 5.75 Å². The number of nitrogens with one attached hydrogen (secondary N) is 2. The van der Waals surface area contributed by atoms with Gasteiger partial charge in [0.2, 0.25) is 5.91 Å². The fourth-order valence-corrected chi connectivity index (χ4v) is 3.20. The molecule has 0 fully saturated rings. The van der Waals surface area contributed by atoms with Crippen LogP contribution in [0, 0.1) is 0 Å². The van der Waals surface area contributed by atoms with Crippen LogP contribution in [0.15, 0.2) is 60.7 Å². The topological polar surface area (TPSA) is 98.7 Å². The zero-order chi connectivity index (χ0) is 21.0. The summed E-state index contributed by atoms with van der Waals surface area (Å²) in [6.45, 7) is 0. The number of carbonyl (C=O) groups excluding carboxylic acids is 1. The number of carboxylic acids is 1. The molecule has 0 aliphatic heterocycles. The minimum absolute atomic E-state index is 0.0223. The Morgan fingerprint density at radius 1 is 0.931 bits per heavy atom. The van der Waals surface area contributed by atoms with E-state index in [9.17, 15) is 14.7 Å². The van der Waals surface area contributed by atoms with Crippen molar-refractivity contribution in [1.29, 1.82) is 0 Å². The summed E-state index contributed by atoms with van der Waals surface area (Å²) in [5.41, 5.74) is 1.86. The third kappa shape index (κ3) is 4.99. The second-order valence-corrected chi connectivity index (χ2v) is 6.96. The minimum atomic E-state index is -1.29. The van der Waals surface area contributed by atoms with Gasteiger partial charge >= 0.3 is 5.97 Å². The van der Waals surface area contributed by atoms with E-state index in [0.29, 0.717) is 27.0 Å². The quantitative estimate of drug-likeness (QED) is 0.396. The van der Waals surface area contributed by atoms with E-state index >= 15 is 0 Å². The Labute approximate surface area is 176 Å². The van der Waals surface area contributed by atoms with Crippen LogP contribution in [0.25, 0.3) is 0 Å². The molecule has 29 heavy (non-hydrogen) atoms. The summed E-state index contributed by atoms with van der Waals surface area (Å²) in [7, 11) is 0. The summed E-state index contributed by atoms with van der Waals surface area (Å²) in [5, 5.41) is 25.3. The van der Waals surface area contributed by atoms with Crippen molar-refractivity contribution in [2.75, 3.05) is 10.6 Å². The van der Waals surface area contributed by atoms with Crippen LogP contribution in [0.3, 0.4) is 0 Å². The molecule has 0 spiro atoms. The SMILES string of the molecule is O=C(Cc1ccccc1Nc1c(Cl)cccc1Cl)Nc1ccc(O)c(C(=O)O)c1. The molecule has 6 nitrogen and oxygen atoms in total. The summed E-state index contributed by atoms with van der Waals surface area (Å²) < 4.78 is 0. The maximum Gasteiger partial charge on any atom is 0.339 e. The molecule has 0 unspecified atom stereocenters. The van der Waals surface area contributed by atoms with Gasteiger partial charge in [-0.25, -0.2) is 4.79 Å². The van der Waals surface area contributed by atoms with E-state index in [1.165, 1.54) is 18.2 Å². The van der Waals surface area contributed by atoms with Gasteiger partial charge in [-0.3, -0.25) is 4.79 Å². The molecular weight excluding hydrogens is 415 g/mol. The van der Waals surface area contributed by atoms with Crippen LogP contribution in [0.1, 0.15) is 15.9 Å². The second-order valence-electron chi connectivity index (χ2n) is 6.14. The zero-order valence-electron chi connectivity index (χ0n) is 14.9. The average molecular weight is 431 g/mol. The van der Waals surface area contributed by atoms with E-state index in [4.69, 9.17) is 28.3 Å². The Morgan fingerprint density at radius 3 is 2.31 bits per heavy atom. The molecule has 0 bridgehead atoms. The smallest absolute Gasteiger partial charge is 0.339 e. The van der Waals surface area contributed by atoms with Gasteiger partial charge in [0.1, 0.15) is 11.3 Å². The predicted octanol–water partition coefficient (Wildman–Crippen LogP) is 5.32. The number of para-hydroxylation sites is 2. The van der Waals surface area contributed by atoms with Crippen molar-refractivity contribution < 1.29 is 19.8 Å². The molecule has 3 aromatic rings. The molecule has 0 radical (unpaired) electrons. The summed E-state index contributed by atoms with van der Waals surface area (Å²) in [4.78, 5) is 23.6. The van der Waals surface area contributed by atoms with Crippen LogP contribution in [0.2, 0.25) is 10.0 Å². The Morgan fingerprint density at radius 2 is 1.62 bits per heavy atom. The van der Waals surface area contributed by atoms with Gasteiger partial charge in [0, 0.05) is 11.4 Å². The van der Waals surface area contributed by atoms with Gasteiger partial charge in [-0.2, -0.15) is 0 Å². The fourth-order valence-electron chi connectivity index (χ4n) is 2.71. The average Bonchev–Trinajstić information content (AvgIpc) is 2.67. The normalized spacial score (nSPS) is 10.4. The molecule has 0 aliphatic rings. The number of aromatic hydroxyl groups is 1. The fraction of sp³-hybridized carbons (Fsp3) is 0.0476. The molecule has 3 rings (SSSR count). The number of phenols is 1. The molecule has 1 amide bonds. The molecule has 0 saturated carbocycles. The highest BCUT2D eigenvalue weighted by atomic mass is 35.5. The highest BCUT2D eigenvalue weighted by Gasteiger charge is 2.14. The van der Waals surface area contributed by atoms with Crippen LogP contribution in [-0.4, -0.2) is 22.1 Å². The van der Waals surface area contributed by atoms with Gasteiger partial charge in [-0.1, -0.05) is 47.5 Å². The standard InChI is InChI=1S/C21H16Cl2N2O4/c22-15-5-3-6-16(23)20(15)25-17-7-2-1-4-12(17)10-19(27)24-13-8-9-18(26)14(11-13)21(28)29/h1-9,11,25-26H,10H2,(H,24,27)(H,28,29). The van der Waals surface area contributed by atoms with Crippen molar-refractivity contribution in [2.24, 2.45) is 0 Å². The van der Waals surface area contributed by atoms with E-state index in [1.807, 2.05) is 6.07 Å². The number of anilines is 3. The molecule has 4 N–H and O–H groups in total. The van der Waals surface area contributed by atoms with Crippen LogP contribution < -0.4 is 10.6 Å². The number of aromatic carboxylic acids is 1. The first kappa shape index (κ1) is 20.5. The van der Waals surface area contributed by atoms with Crippen molar-refractivity contribution in [3.63, 3.8) is 0 Å². The Bertz CT molecular complexity index is 1070. The van der Waals surface area contributed by atoms with Crippen LogP contribution >= 0.6 is 23.2 Å². The van der Waals surface area contributed by atoms with Crippen LogP contribution in [0.4, 0.5) is 17.1 Å². The number of benzene rings is 3. The van der Waals surface area contributed by atoms with Crippen molar-refractivity contribution in [2.45, 2.75) is 6.42 Å². The van der Waals surface area contributed by atoms with Gasteiger partial charge in [-0.05, 0) is 42.0 Å². The first-order valence-corrected chi connectivity index (χ1v) is 9.26. The highest BCUT2D eigenvalue weighted by molar-refractivity contribution is 6.39. The predicted molar refractivity (Wildman–Crippen MR) is 114 cm³/mol. The van der Waals surface area contributed by atoms with E-state index < -0.39 is 5.97 Å². The van der Waals surface area contributed by atoms with Crippen molar-refractivity contribution >= 4 is 52.1 Å². The number of carbonyl (C=O) groups is 2. The summed E-state index contributed by atoms with van der Waals surface area (Å²) in [6, 6.07) is 16.2. The lowest BCUT2D eigenvalue weighted by atomic mass is 10.1. The van der Waals surface area contributed by atoms with Gasteiger partial charge in [0.15, 0.2) is 0 Å². The maximum atomic E-state index is 12.5. The Kier molecular flexibility index (Phi) is 6.26. The molecule has 0 saturated heterocycles. The number of amides is 1. The van der Waals surface area contributed by atoms with E-state index in [0.717, 1.165) is 0 Å². The number of hydrogen-bond acceptors (Lipinski definition) is 4. The molecule has 8 heteroatoms. The van der Waals surface area contributed by atoms with Gasteiger partial charge in [0.25, 0.3) is 0 Å². The molecule has 0 aromatic heterocycles. The first-order chi connectivity index (χ1) is 13.8. The van der Waals surface area contributed by atoms with Gasteiger partial charge in [-0.15, -0.1) is 0 Å². The van der Waals surface area contributed by atoms with Gasteiger partial charge < -0.3 is 20.8 Å². The third-order valence-electron chi connectivity index (χ3n) is 4.10. The first-order valence-electron chi connectivity index (χ1n) is 8.50. The highest BCUT2D eigenvalue weighted by Crippen LogP contribution is 2.33. The lowest BCUT2D eigenvalue weighted by Gasteiger charge is -2.14. The monoisotopic (exact) mass is 430 g/mol. The van der Waals surface area contributed by atoms with Crippen molar-refractivity contribution in [3.05, 3.63) is 81.8 Å². The van der Waals surface area contributed by atoms with E-state index in [2.05, 4.69) is 10.6 Å².